The van der Waals surface area contributed by atoms with Gasteiger partial charge >= 0.3 is 0 Å². The van der Waals surface area contributed by atoms with Crippen LogP contribution in [0.5, 0.6) is 0 Å². The molecule has 0 amide bonds. The fraction of sp³-hybridized carbons (Fsp3) is 0.750. The zero-order valence-electron chi connectivity index (χ0n) is 7.02. The molecule has 0 N–H and O–H groups in total. The van der Waals surface area contributed by atoms with Crippen molar-refractivity contribution in [1.29, 1.82) is 0 Å². The Morgan fingerprint density at radius 1 is 1.42 bits per heavy atom. The van der Waals surface area contributed by atoms with Crippen LogP contribution in [-0.2, 0) is 11.3 Å². The zero-order valence-corrected chi connectivity index (χ0v) is 7.02. The predicted molar refractivity (Wildman–Crippen MR) is 43.6 cm³/mol. The van der Waals surface area contributed by atoms with Crippen molar-refractivity contribution in [2.45, 2.75) is 19.4 Å². The summed E-state index contributed by atoms with van der Waals surface area (Å²) in [6, 6.07) is 0. The second kappa shape index (κ2) is 3.67. The Labute approximate surface area is 71.6 Å². The summed E-state index contributed by atoms with van der Waals surface area (Å²) in [7, 11) is 0. The van der Waals surface area contributed by atoms with Crippen molar-refractivity contribution in [3.05, 3.63) is 12.7 Å². The van der Waals surface area contributed by atoms with E-state index in [-0.39, 0.29) is 0 Å². The van der Waals surface area contributed by atoms with Crippen LogP contribution in [0.1, 0.15) is 12.8 Å². The predicted octanol–water partition coefficient (Wildman–Crippen LogP) is 0.705. The maximum Gasteiger partial charge on any atom is 0.137 e. The fourth-order valence-electron chi connectivity index (χ4n) is 1.52. The van der Waals surface area contributed by atoms with Crippen LogP contribution >= 0.6 is 0 Å². The Balaban J connectivity index is 1.86. The highest BCUT2D eigenvalue weighted by molar-refractivity contribution is 4.65. The first-order valence-electron chi connectivity index (χ1n) is 4.35. The van der Waals surface area contributed by atoms with Gasteiger partial charge in [-0.15, -0.1) is 0 Å². The Morgan fingerprint density at radius 3 is 2.92 bits per heavy atom. The van der Waals surface area contributed by atoms with E-state index in [1.807, 2.05) is 4.68 Å². The van der Waals surface area contributed by atoms with Crippen molar-refractivity contribution in [2.75, 3.05) is 13.2 Å². The summed E-state index contributed by atoms with van der Waals surface area (Å²) in [4.78, 5) is 3.91. The molecule has 0 unspecified atom stereocenters. The smallest absolute Gasteiger partial charge is 0.137 e. The lowest BCUT2D eigenvalue weighted by atomic mass is 10.0. The van der Waals surface area contributed by atoms with Crippen molar-refractivity contribution in [1.82, 2.24) is 14.8 Å². The van der Waals surface area contributed by atoms with Crippen molar-refractivity contribution in [2.24, 2.45) is 5.92 Å². The van der Waals surface area contributed by atoms with Crippen molar-refractivity contribution >= 4 is 0 Å². The van der Waals surface area contributed by atoms with Crippen LogP contribution in [0.3, 0.4) is 0 Å². The third-order valence-electron chi connectivity index (χ3n) is 2.25. The van der Waals surface area contributed by atoms with E-state index >= 15 is 0 Å². The van der Waals surface area contributed by atoms with Gasteiger partial charge in [0.1, 0.15) is 12.7 Å². The van der Waals surface area contributed by atoms with Gasteiger partial charge in [-0.05, 0) is 18.8 Å². The molecule has 2 heterocycles. The molecule has 4 heteroatoms. The van der Waals surface area contributed by atoms with Gasteiger partial charge in [0.15, 0.2) is 0 Å². The zero-order chi connectivity index (χ0) is 8.23. The lowest BCUT2D eigenvalue weighted by Gasteiger charge is -2.21. The summed E-state index contributed by atoms with van der Waals surface area (Å²) in [6.07, 6.45) is 5.66. The molecule has 0 radical (unpaired) electrons. The molecule has 12 heavy (non-hydrogen) atoms. The summed E-state index contributed by atoms with van der Waals surface area (Å²) < 4.78 is 7.17. The average molecular weight is 167 g/mol. The topological polar surface area (TPSA) is 39.9 Å². The maximum atomic E-state index is 5.27. The first-order chi connectivity index (χ1) is 5.95. The minimum atomic E-state index is 0.723. The average Bonchev–Trinajstić information content (AvgIpc) is 2.59. The van der Waals surface area contributed by atoms with E-state index in [0.717, 1.165) is 38.5 Å². The van der Waals surface area contributed by atoms with E-state index in [9.17, 15) is 0 Å². The van der Waals surface area contributed by atoms with E-state index in [4.69, 9.17) is 4.74 Å². The van der Waals surface area contributed by atoms with Crippen LogP contribution < -0.4 is 0 Å². The van der Waals surface area contributed by atoms with E-state index in [1.165, 1.54) is 0 Å². The van der Waals surface area contributed by atoms with Gasteiger partial charge < -0.3 is 4.74 Å². The molecular formula is C8H13N3O. The number of rotatable bonds is 2. The molecule has 2 rings (SSSR count). The number of ether oxygens (including phenoxy) is 1. The van der Waals surface area contributed by atoms with Gasteiger partial charge in [-0.3, -0.25) is 4.68 Å². The summed E-state index contributed by atoms with van der Waals surface area (Å²) in [6.45, 7) is 2.79. The van der Waals surface area contributed by atoms with Crippen LogP contribution in [0.25, 0.3) is 0 Å². The quantitative estimate of drug-likeness (QED) is 0.651. The standard InChI is InChI=1S/C8H13N3O/c1-3-12-4-2-8(1)5-11-7-9-6-10-11/h6-8H,1-5H2. The van der Waals surface area contributed by atoms with Gasteiger partial charge in [0.25, 0.3) is 0 Å². The molecule has 0 atom stereocenters. The van der Waals surface area contributed by atoms with Crippen molar-refractivity contribution < 1.29 is 4.74 Å². The molecule has 4 nitrogen and oxygen atoms in total. The van der Waals surface area contributed by atoms with Crippen LogP contribution in [0, 0.1) is 5.92 Å². The molecule has 1 aromatic rings. The monoisotopic (exact) mass is 167 g/mol. The van der Waals surface area contributed by atoms with Crippen LogP contribution in [0.15, 0.2) is 12.7 Å². The van der Waals surface area contributed by atoms with Crippen LogP contribution in [0.2, 0.25) is 0 Å². The van der Waals surface area contributed by atoms with Gasteiger partial charge in [-0.1, -0.05) is 0 Å². The SMILES string of the molecule is c1ncn(CC2CCOCC2)n1. The molecule has 1 saturated heterocycles. The largest absolute Gasteiger partial charge is 0.381 e. The molecule has 0 bridgehead atoms. The second-order valence-electron chi connectivity index (χ2n) is 3.17. The fourth-order valence-corrected chi connectivity index (χ4v) is 1.52. The lowest BCUT2D eigenvalue weighted by molar-refractivity contribution is 0.0601. The highest BCUT2D eigenvalue weighted by Crippen LogP contribution is 2.15. The van der Waals surface area contributed by atoms with Gasteiger partial charge in [-0.2, -0.15) is 5.10 Å². The molecule has 0 spiro atoms. The normalized spacial score (nSPS) is 19.7. The van der Waals surface area contributed by atoms with Gasteiger partial charge in [-0.25, -0.2) is 4.98 Å². The summed E-state index contributed by atoms with van der Waals surface area (Å²) in [5, 5.41) is 4.08. The van der Waals surface area contributed by atoms with E-state index in [2.05, 4.69) is 10.1 Å². The number of hydrogen-bond donors (Lipinski definition) is 0. The highest BCUT2D eigenvalue weighted by atomic mass is 16.5. The molecule has 0 aromatic carbocycles. The maximum absolute atomic E-state index is 5.27. The Morgan fingerprint density at radius 2 is 2.25 bits per heavy atom. The number of aromatic nitrogens is 3. The third-order valence-corrected chi connectivity index (χ3v) is 2.25. The molecule has 0 saturated carbocycles. The summed E-state index contributed by atoms with van der Waals surface area (Å²) in [5.41, 5.74) is 0. The number of nitrogens with zero attached hydrogens (tertiary/aromatic N) is 3. The molecule has 1 aromatic heterocycles. The highest BCUT2D eigenvalue weighted by Gasteiger charge is 2.13. The van der Waals surface area contributed by atoms with Crippen molar-refractivity contribution in [3.63, 3.8) is 0 Å². The molecule has 1 aliphatic heterocycles. The molecule has 0 aliphatic carbocycles. The molecular weight excluding hydrogens is 154 g/mol. The first kappa shape index (κ1) is 7.73. The third kappa shape index (κ3) is 1.82. The lowest BCUT2D eigenvalue weighted by Crippen LogP contribution is -2.20. The second-order valence-corrected chi connectivity index (χ2v) is 3.17. The Hall–Kier alpha value is -0.900. The van der Waals surface area contributed by atoms with Gasteiger partial charge in [0, 0.05) is 19.8 Å². The Bertz CT molecular complexity index is 216. The van der Waals surface area contributed by atoms with Gasteiger partial charge in [0.2, 0.25) is 0 Å². The summed E-state index contributed by atoms with van der Waals surface area (Å²) >= 11 is 0. The molecule has 1 aliphatic rings. The van der Waals surface area contributed by atoms with E-state index in [1.54, 1.807) is 12.7 Å². The minimum absolute atomic E-state index is 0.723. The van der Waals surface area contributed by atoms with Crippen LogP contribution in [-0.4, -0.2) is 28.0 Å². The van der Waals surface area contributed by atoms with E-state index < -0.39 is 0 Å². The summed E-state index contributed by atoms with van der Waals surface area (Å²) in [5.74, 6) is 0.723. The van der Waals surface area contributed by atoms with E-state index in [0.29, 0.717) is 0 Å². The van der Waals surface area contributed by atoms with Crippen molar-refractivity contribution in [3.8, 4) is 0 Å². The van der Waals surface area contributed by atoms with Crippen LogP contribution in [0.4, 0.5) is 0 Å². The van der Waals surface area contributed by atoms with Gasteiger partial charge in [0.05, 0.1) is 0 Å². The number of hydrogen-bond acceptors (Lipinski definition) is 3. The first-order valence-corrected chi connectivity index (χ1v) is 4.35. The minimum Gasteiger partial charge on any atom is -0.381 e. The Kier molecular flexibility index (Phi) is 2.36. The molecule has 66 valence electrons. The molecule has 1 fully saturated rings.